The third-order valence-electron chi connectivity index (χ3n) is 3.96. The summed E-state index contributed by atoms with van der Waals surface area (Å²) in [7, 11) is 3.28. The SMILES string of the molecule is COc1cccc(-c2nc(CSc3nnc(-c4ccccc4OC)o3)cs2)c1. The molecule has 4 rings (SSSR count). The van der Waals surface area contributed by atoms with Crippen LogP contribution in [0.5, 0.6) is 11.5 Å². The molecule has 4 aromatic rings. The number of hydrogen-bond donors (Lipinski definition) is 0. The van der Waals surface area contributed by atoms with E-state index in [0.717, 1.165) is 27.6 Å². The molecule has 0 saturated carbocycles. The van der Waals surface area contributed by atoms with Crippen molar-refractivity contribution >= 4 is 23.1 Å². The Kier molecular flexibility index (Phi) is 5.59. The summed E-state index contributed by atoms with van der Waals surface area (Å²) < 4.78 is 16.4. The van der Waals surface area contributed by atoms with Crippen molar-refractivity contribution in [2.75, 3.05) is 14.2 Å². The van der Waals surface area contributed by atoms with Gasteiger partial charge in [0.15, 0.2) is 0 Å². The lowest BCUT2D eigenvalue weighted by Gasteiger charge is -2.03. The van der Waals surface area contributed by atoms with Gasteiger partial charge < -0.3 is 13.9 Å². The van der Waals surface area contributed by atoms with E-state index in [-0.39, 0.29) is 0 Å². The molecular formula is C20H17N3O3S2. The van der Waals surface area contributed by atoms with Gasteiger partial charge in [-0.1, -0.05) is 36.0 Å². The van der Waals surface area contributed by atoms with Crippen LogP contribution in [0.4, 0.5) is 0 Å². The van der Waals surface area contributed by atoms with Crippen molar-refractivity contribution in [1.29, 1.82) is 0 Å². The summed E-state index contributed by atoms with van der Waals surface area (Å²) in [6.07, 6.45) is 0. The molecule has 2 heterocycles. The molecule has 0 saturated heterocycles. The Labute approximate surface area is 170 Å². The summed E-state index contributed by atoms with van der Waals surface area (Å²) in [5, 5.41) is 11.7. The fourth-order valence-corrected chi connectivity index (χ4v) is 4.17. The molecule has 0 spiro atoms. The van der Waals surface area contributed by atoms with Crippen molar-refractivity contribution in [3.8, 4) is 33.5 Å². The molecule has 2 aromatic carbocycles. The lowest BCUT2D eigenvalue weighted by molar-refractivity contribution is 0.411. The van der Waals surface area contributed by atoms with Crippen LogP contribution in [0.25, 0.3) is 22.0 Å². The molecular weight excluding hydrogens is 394 g/mol. The van der Waals surface area contributed by atoms with Gasteiger partial charge in [-0.15, -0.1) is 21.5 Å². The summed E-state index contributed by atoms with van der Waals surface area (Å²) in [6, 6.07) is 15.4. The van der Waals surface area contributed by atoms with Crippen LogP contribution in [0.1, 0.15) is 5.69 Å². The minimum absolute atomic E-state index is 0.440. The topological polar surface area (TPSA) is 70.3 Å². The van der Waals surface area contributed by atoms with Crippen LogP contribution < -0.4 is 9.47 Å². The van der Waals surface area contributed by atoms with Crippen molar-refractivity contribution < 1.29 is 13.9 Å². The molecule has 8 heteroatoms. The standard InChI is InChI=1S/C20H17N3O3S2/c1-24-15-7-5-6-13(10-15)19-21-14(11-27-19)12-28-20-23-22-18(26-20)16-8-3-4-9-17(16)25-2/h3-11H,12H2,1-2H3. The maximum atomic E-state index is 5.78. The van der Waals surface area contributed by atoms with Gasteiger partial charge in [-0.25, -0.2) is 4.98 Å². The Morgan fingerprint density at radius 3 is 2.79 bits per heavy atom. The van der Waals surface area contributed by atoms with Gasteiger partial charge in [0, 0.05) is 16.7 Å². The Morgan fingerprint density at radius 1 is 1.04 bits per heavy atom. The fourth-order valence-electron chi connectivity index (χ4n) is 2.60. The molecule has 0 amide bonds. The number of rotatable bonds is 7. The zero-order chi connectivity index (χ0) is 19.3. The van der Waals surface area contributed by atoms with Crippen molar-refractivity contribution in [3.63, 3.8) is 0 Å². The van der Waals surface area contributed by atoms with Crippen molar-refractivity contribution in [2.24, 2.45) is 0 Å². The zero-order valence-electron chi connectivity index (χ0n) is 15.3. The van der Waals surface area contributed by atoms with Gasteiger partial charge in [0.2, 0.25) is 0 Å². The molecule has 0 fully saturated rings. The highest BCUT2D eigenvalue weighted by Crippen LogP contribution is 2.32. The van der Waals surface area contributed by atoms with Gasteiger partial charge in [-0.2, -0.15) is 0 Å². The molecule has 2 aromatic heterocycles. The van der Waals surface area contributed by atoms with E-state index >= 15 is 0 Å². The molecule has 0 aliphatic rings. The lowest BCUT2D eigenvalue weighted by atomic mass is 10.2. The van der Waals surface area contributed by atoms with E-state index in [1.807, 2.05) is 53.9 Å². The van der Waals surface area contributed by atoms with Crippen LogP contribution in [0.15, 0.2) is 63.6 Å². The molecule has 6 nitrogen and oxygen atoms in total. The normalized spacial score (nSPS) is 10.8. The van der Waals surface area contributed by atoms with Crippen LogP contribution in [-0.4, -0.2) is 29.4 Å². The number of thioether (sulfide) groups is 1. The van der Waals surface area contributed by atoms with E-state index in [9.17, 15) is 0 Å². The van der Waals surface area contributed by atoms with Crippen LogP contribution in [0, 0.1) is 0 Å². The number of aromatic nitrogens is 3. The summed E-state index contributed by atoms with van der Waals surface area (Å²) in [6.45, 7) is 0. The summed E-state index contributed by atoms with van der Waals surface area (Å²) in [5.74, 6) is 2.60. The van der Waals surface area contributed by atoms with E-state index in [2.05, 4.69) is 10.2 Å². The van der Waals surface area contributed by atoms with Crippen molar-refractivity contribution in [3.05, 3.63) is 59.6 Å². The average molecular weight is 412 g/mol. The number of thiazole rings is 1. The van der Waals surface area contributed by atoms with Gasteiger partial charge in [0.05, 0.1) is 25.5 Å². The van der Waals surface area contributed by atoms with E-state index in [1.54, 1.807) is 25.6 Å². The largest absolute Gasteiger partial charge is 0.497 e. The van der Waals surface area contributed by atoms with Gasteiger partial charge >= 0.3 is 0 Å². The minimum atomic E-state index is 0.440. The molecule has 0 bridgehead atoms. The quantitative estimate of drug-likeness (QED) is 0.389. The van der Waals surface area contributed by atoms with Crippen LogP contribution in [0.3, 0.4) is 0 Å². The highest BCUT2D eigenvalue weighted by Gasteiger charge is 2.14. The second kappa shape index (κ2) is 8.45. The molecule has 0 N–H and O–H groups in total. The maximum Gasteiger partial charge on any atom is 0.277 e. The third kappa shape index (κ3) is 4.02. The van der Waals surface area contributed by atoms with Gasteiger partial charge in [0.1, 0.15) is 16.5 Å². The Morgan fingerprint density at radius 2 is 1.93 bits per heavy atom. The smallest absolute Gasteiger partial charge is 0.277 e. The molecule has 142 valence electrons. The highest BCUT2D eigenvalue weighted by atomic mass is 32.2. The predicted octanol–water partition coefficient (Wildman–Crippen LogP) is 5.17. The first-order valence-corrected chi connectivity index (χ1v) is 10.3. The van der Waals surface area contributed by atoms with Crippen molar-refractivity contribution in [2.45, 2.75) is 11.0 Å². The molecule has 0 unspecified atom stereocenters. The number of methoxy groups -OCH3 is 2. The molecule has 0 aliphatic heterocycles. The van der Waals surface area contributed by atoms with Crippen molar-refractivity contribution in [1.82, 2.24) is 15.2 Å². The van der Waals surface area contributed by atoms with Gasteiger partial charge in [-0.3, -0.25) is 0 Å². The monoisotopic (exact) mass is 411 g/mol. The number of hydrogen-bond acceptors (Lipinski definition) is 8. The first-order chi connectivity index (χ1) is 13.8. The second-order valence-corrected chi connectivity index (χ2v) is 7.52. The van der Waals surface area contributed by atoms with Crippen LogP contribution >= 0.6 is 23.1 Å². The molecule has 28 heavy (non-hydrogen) atoms. The number of benzene rings is 2. The highest BCUT2D eigenvalue weighted by molar-refractivity contribution is 7.98. The van der Waals surface area contributed by atoms with Crippen LogP contribution in [-0.2, 0) is 5.75 Å². The van der Waals surface area contributed by atoms with E-state index in [4.69, 9.17) is 18.9 Å². The summed E-state index contributed by atoms with van der Waals surface area (Å²) >= 11 is 3.06. The van der Waals surface area contributed by atoms with E-state index in [0.29, 0.717) is 22.6 Å². The minimum Gasteiger partial charge on any atom is -0.497 e. The second-order valence-electron chi connectivity index (χ2n) is 5.74. The summed E-state index contributed by atoms with van der Waals surface area (Å²) in [5.41, 5.74) is 2.78. The van der Waals surface area contributed by atoms with Gasteiger partial charge in [-0.05, 0) is 24.3 Å². The van der Waals surface area contributed by atoms with Gasteiger partial charge in [0.25, 0.3) is 11.1 Å². The number of para-hydroxylation sites is 1. The third-order valence-corrected chi connectivity index (χ3v) is 5.75. The predicted molar refractivity (Wildman–Crippen MR) is 110 cm³/mol. The first kappa shape index (κ1) is 18.5. The zero-order valence-corrected chi connectivity index (χ0v) is 16.9. The first-order valence-electron chi connectivity index (χ1n) is 8.45. The van der Waals surface area contributed by atoms with Crippen LogP contribution in [0.2, 0.25) is 0 Å². The average Bonchev–Trinajstić information content (AvgIpc) is 3.42. The Bertz CT molecular complexity index is 1080. The maximum absolute atomic E-state index is 5.78. The molecule has 0 radical (unpaired) electrons. The number of nitrogens with zero attached hydrogens (tertiary/aromatic N) is 3. The number of ether oxygens (including phenoxy) is 2. The fraction of sp³-hybridized carbons (Fsp3) is 0.150. The molecule has 0 atom stereocenters. The van der Waals surface area contributed by atoms with E-state index < -0.39 is 0 Å². The lowest BCUT2D eigenvalue weighted by Crippen LogP contribution is -1.87. The summed E-state index contributed by atoms with van der Waals surface area (Å²) in [4.78, 5) is 4.70. The Balaban J connectivity index is 1.44. The van der Waals surface area contributed by atoms with E-state index in [1.165, 1.54) is 11.8 Å². The Hall–Kier alpha value is -2.84. The molecule has 0 aliphatic carbocycles.